The molecule has 0 spiro atoms. The second kappa shape index (κ2) is 4.21. The summed E-state index contributed by atoms with van der Waals surface area (Å²) in [5, 5.41) is 10.8. The lowest BCUT2D eigenvalue weighted by molar-refractivity contribution is 0.466. The molecule has 5 nitrogen and oxygen atoms in total. The summed E-state index contributed by atoms with van der Waals surface area (Å²) in [5.74, 6) is -0.137. The Morgan fingerprint density at radius 3 is 2.43 bits per heavy atom. The molecule has 0 saturated carbocycles. The van der Waals surface area contributed by atoms with Crippen LogP contribution in [0.1, 0.15) is 0 Å². The number of hydrogen-bond acceptors (Lipinski definition) is 5. The topological polar surface area (TPSA) is 76.5 Å². The average Bonchev–Trinajstić information content (AvgIpc) is 2.90. The van der Waals surface area contributed by atoms with Gasteiger partial charge in [-0.1, -0.05) is 24.3 Å². The van der Waals surface area contributed by atoms with Crippen molar-refractivity contribution in [1.29, 1.82) is 0 Å². The van der Waals surface area contributed by atoms with Gasteiger partial charge in [0.05, 0.1) is 5.39 Å². The van der Waals surface area contributed by atoms with Crippen LogP contribution in [0.3, 0.4) is 0 Å². The normalized spacial score (nSPS) is 11.2. The molecule has 2 aromatic heterocycles. The number of nitrogens with zero attached hydrogens (tertiary/aromatic N) is 1. The molecule has 0 aliphatic heterocycles. The highest BCUT2D eigenvalue weighted by atomic mass is 16.4. The highest BCUT2D eigenvalue weighted by Crippen LogP contribution is 2.33. The zero-order chi connectivity index (χ0) is 14.4. The maximum absolute atomic E-state index is 12.1. The number of benzene rings is 2. The Kier molecular flexibility index (Phi) is 2.35. The first kappa shape index (κ1) is 11.7. The van der Waals surface area contributed by atoms with Crippen molar-refractivity contribution in [2.75, 3.05) is 0 Å². The fourth-order valence-electron chi connectivity index (χ4n) is 2.30. The van der Waals surface area contributed by atoms with Crippen molar-refractivity contribution in [2.45, 2.75) is 0 Å². The summed E-state index contributed by atoms with van der Waals surface area (Å²) >= 11 is 0. The van der Waals surface area contributed by atoms with E-state index < -0.39 is 5.63 Å². The molecule has 1 N–H and O–H groups in total. The van der Waals surface area contributed by atoms with Gasteiger partial charge >= 0.3 is 5.63 Å². The molecule has 0 atom stereocenters. The highest BCUT2D eigenvalue weighted by Gasteiger charge is 2.20. The van der Waals surface area contributed by atoms with Crippen LogP contribution in [0.2, 0.25) is 0 Å². The number of hydrogen-bond donors (Lipinski definition) is 1. The van der Waals surface area contributed by atoms with Gasteiger partial charge in [0.25, 0.3) is 0 Å². The lowest BCUT2D eigenvalue weighted by Crippen LogP contribution is -2.03. The van der Waals surface area contributed by atoms with Crippen molar-refractivity contribution in [1.82, 2.24) is 4.98 Å². The van der Waals surface area contributed by atoms with Gasteiger partial charge in [0.15, 0.2) is 11.1 Å². The van der Waals surface area contributed by atoms with Crippen molar-refractivity contribution < 1.29 is 13.9 Å². The van der Waals surface area contributed by atoms with Crippen molar-refractivity contribution in [3.63, 3.8) is 0 Å². The second-order valence-electron chi connectivity index (χ2n) is 4.60. The molecular weight excluding hydrogens is 270 g/mol. The molecule has 2 aromatic carbocycles. The van der Waals surface area contributed by atoms with Gasteiger partial charge < -0.3 is 13.9 Å². The molecule has 2 heterocycles. The third kappa shape index (κ3) is 1.71. The molecule has 102 valence electrons. The standard InChI is InChI=1S/C16H9NO4/c18-14-9-5-1-3-7-11(9)21-16(19)13(14)15-17-10-6-2-4-8-12(10)20-15/h1-8,18H. The van der Waals surface area contributed by atoms with Crippen molar-refractivity contribution in [2.24, 2.45) is 0 Å². The van der Waals surface area contributed by atoms with Crippen LogP contribution in [0.4, 0.5) is 0 Å². The average molecular weight is 279 g/mol. The zero-order valence-corrected chi connectivity index (χ0v) is 10.7. The molecule has 0 bridgehead atoms. The molecule has 0 unspecified atom stereocenters. The number of oxazole rings is 1. The van der Waals surface area contributed by atoms with Crippen LogP contribution in [0.25, 0.3) is 33.5 Å². The number of aromatic hydroxyl groups is 1. The Balaban J connectivity index is 2.08. The monoisotopic (exact) mass is 279 g/mol. The van der Waals surface area contributed by atoms with Crippen molar-refractivity contribution in [3.05, 3.63) is 59.0 Å². The number of para-hydroxylation sites is 3. The first-order valence-electron chi connectivity index (χ1n) is 6.35. The molecule has 0 fully saturated rings. The maximum Gasteiger partial charge on any atom is 0.352 e. The van der Waals surface area contributed by atoms with Crippen LogP contribution in [0.15, 0.2) is 62.2 Å². The molecule has 21 heavy (non-hydrogen) atoms. The SMILES string of the molecule is O=c1oc2ccccc2c(O)c1-c1nc2ccccc2o1. The van der Waals surface area contributed by atoms with E-state index >= 15 is 0 Å². The lowest BCUT2D eigenvalue weighted by Gasteiger charge is -2.02. The largest absolute Gasteiger partial charge is 0.506 e. The van der Waals surface area contributed by atoms with Gasteiger partial charge in [-0.15, -0.1) is 0 Å². The summed E-state index contributed by atoms with van der Waals surface area (Å²) in [4.78, 5) is 16.3. The van der Waals surface area contributed by atoms with E-state index in [4.69, 9.17) is 8.83 Å². The molecule has 0 aliphatic carbocycles. The molecular formula is C16H9NO4. The van der Waals surface area contributed by atoms with Crippen LogP contribution < -0.4 is 5.63 Å². The van der Waals surface area contributed by atoms with E-state index in [1.165, 1.54) is 0 Å². The van der Waals surface area contributed by atoms with Crippen LogP contribution in [-0.4, -0.2) is 10.1 Å². The smallest absolute Gasteiger partial charge is 0.352 e. The quantitative estimate of drug-likeness (QED) is 0.541. The Bertz CT molecular complexity index is 996. The van der Waals surface area contributed by atoms with Crippen LogP contribution >= 0.6 is 0 Å². The summed E-state index contributed by atoms with van der Waals surface area (Å²) in [6.07, 6.45) is 0. The Morgan fingerprint density at radius 2 is 1.62 bits per heavy atom. The lowest BCUT2D eigenvalue weighted by atomic mass is 10.1. The molecule has 0 saturated heterocycles. The van der Waals surface area contributed by atoms with E-state index in [-0.39, 0.29) is 17.2 Å². The van der Waals surface area contributed by atoms with E-state index in [0.717, 1.165) is 0 Å². The minimum absolute atomic E-state index is 0.0493. The third-order valence-corrected chi connectivity index (χ3v) is 3.29. The van der Waals surface area contributed by atoms with E-state index in [1.54, 1.807) is 42.5 Å². The van der Waals surface area contributed by atoms with Gasteiger partial charge in [-0.25, -0.2) is 9.78 Å². The van der Waals surface area contributed by atoms with Crippen LogP contribution in [0.5, 0.6) is 5.75 Å². The summed E-state index contributed by atoms with van der Waals surface area (Å²) in [6.45, 7) is 0. The van der Waals surface area contributed by atoms with Gasteiger partial charge in [-0.05, 0) is 24.3 Å². The third-order valence-electron chi connectivity index (χ3n) is 3.29. The molecule has 0 aliphatic rings. The first-order chi connectivity index (χ1) is 10.2. The Hall–Kier alpha value is -3.08. The van der Waals surface area contributed by atoms with Gasteiger partial charge in [0.1, 0.15) is 16.8 Å². The van der Waals surface area contributed by atoms with Gasteiger partial charge in [0, 0.05) is 0 Å². The predicted molar refractivity (Wildman–Crippen MR) is 77.2 cm³/mol. The molecule has 0 radical (unpaired) electrons. The summed E-state index contributed by atoms with van der Waals surface area (Å²) in [7, 11) is 0. The Labute approximate surface area is 118 Å². The van der Waals surface area contributed by atoms with E-state index in [0.29, 0.717) is 22.1 Å². The number of rotatable bonds is 1. The first-order valence-corrected chi connectivity index (χ1v) is 6.35. The number of aromatic nitrogens is 1. The van der Waals surface area contributed by atoms with Gasteiger partial charge in [-0.3, -0.25) is 0 Å². The maximum atomic E-state index is 12.1. The minimum atomic E-state index is -0.683. The molecule has 4 rings (SSSR count). The highest BCUT2D eigenvalue weighted by molar-refractivity contribution is 5.89. The van der Waals surface area contributed by atoms with Crippen molar-refractivity contribution >= 4 is 22.1 Å². The van der Waals surface area contributed by atoms with E-state index in [2.05, 4.69) is 4.98 Å². The summed E-state index contributed by atoms with van der Waals surface area (Å²) in [6, 6.07) is 13.9. The summed E-state index contributed by atoms with van der Waals surface area (Å²) < 4.78 is 10.7. The predicted octanol–water partition coefficient (Wildman–Crippen LogP) is 3.31. The molecule has 4 aromatic rings. The second-order valence-corrected chi connectivity index (χ2v) is 4.60. The molecule has 0 amide bonds. The van der Waals surface area contributed by atoms with E-state index in [9.17, 15) is 9.90 Å². The summed E-state index contributed by atoms with van der Waals surface area (Å²) in [5.41, 5.74) is 0.724. The van der Waals surface area contributed by atoms with Crippen LogP contribution in [0, 0.1) is 0 Å². The fraction of sp³-hybridized carbons (Fsp3) is 0. The van der Waals surface area contributed by atoms with Crippen LogP contribution in [-0.2, 0) is 0 Å². The minimum Gasteiger partial charge on any atom is -0.506 e. The van der Waals surface area contributed by atoms with Crippen molar-refractivity contribution in [3.8, 4) is 17.2 Å². The molecule has 5 heteroatoms. The zero-order valence-electron chi connectivity index (χ0n) is 10.7. The van der Waals surface area contributed by atoms with E-state index in [1.807, 2.05) is 6.07 Å². The van der Waals surface area contributed by atoms with Gasteiger partial charge in [0.2, 0.25) is 5.89 Å². The Morgan fingerprint density at radius 1 is 0.905 bits per heavy atom. The number of fused-ring (bicyclic) bond motifs is 2. The fourth-order valence-corrected chi connectivity index (χ4v) is 2.30. The van der Waals surface area contributed by atoms with Gasteiger partial charge in [-0.2, -0.15) is 0 Å².